The van der Waals surface area contributed by atoms with Gasteiger partial charge in [0.1, 0.15) is 10.8 Å². The zero-order valence-electron chi connectivity index (χ0n) is 8.85. The smallest absolute Gasteiger partial charge is 0.136 e. The van der Waals surface area contributed by atoms with E-state index >= 15 is 0 Å². The summed E-state index contributed by atoms with van der Waals surface area (Å²) >= 11 is 1.54. The number of anilines is 1. The fraction of sp³-hybridized carbons (Fsp3) is 0.333. The molecule has 1 saturated heterocycles. The van der Waals surface area contributed by atoms with Crippen LogP contribution in [0.4, 0.5) is 5.00 Å². The number of fused-ring (bicyclic) bond motifs is 1. The topological polar surface area (TPSA) is 33.2 Å². The number of aromatic nitrogens is 1. The third-order valence-electron chi connectivity index (χ3n) is 2.97. The summed E-state index contributed by atoms with van der Waals surface area (Å²) in [5.41, 5.74) is 1.06. The number of carbonyl (C=O) groups is 1. The van der Waals surface area contributed by atoms with Crippen molar-refractivity contribution in [2.45, 2.75) is 12.8 Å². The second-order valence-electron chi connectivity index (χ2n) is 4.03. The molecule has 0 amide bonds. The summed E-state index contributed by atoms with van der Waals surface area (Å²) in [5, 5.41) is 2.42. The maximum atomic E-state index is 11.2. The molecule has 3 nitrogen and oxygen atoms in total. The van der Waals surface area contributed by atoms with Crippen molar-refractivity contribution in [2.24, 2.45) is 0 Å². The van der Waals surface area contributed by atoms with Gasteiger partial charge in [0.05, 0.1) is 5.52 Å². The zero-order valence-corrected chi connectivity index (χ0v) is 9.67. The number of nitrogens with zero attached hydrogens (tertiary/aromatic N) is 2. The molecule has 1 fully saturated rings. The standard InChI is InChI=1S/C12H12N2OS/c15-9-5-7-14(8-6-9)12-10-3-1-2-4-11(10)13-16-12/h1-4H,5-8H2. The molecule has 3 rings (SSSR count). The van der Waals surface area contributed by atoms with Gasteiger partial charge < -0.3 is 4.90 Å². The van der Waals surface area contributed by atoms with Gasteiger partial charge in [0.25, 0.3) is 0 Å². The highest BCUT2D eigenvalue weighted by Gasteiger charge is 2.19. The highest BCUT2D eigenvalue weighted by molar-refractivity contribution is 7.11. The quantitative estimate of drug-likeness (QED) is 0.757. The minimum Gasteiger partial charge on any atom is -0.361 e. The third kappa shape index (κ3) is 1.59. The maximum Gasteiger partial charge on any atom is 0.136 e. The van der Waals surface area contributed by atoms with Gasteiger partial charge in [0, 0.05) is 31.3 Å². The van der Waals surface area contributed by atoms with E-state index in [0.29, 0.717) is 18.6 Å². The second kappa shape index (κ2) is 3.87. The van der Waals surface area contributed by atoms with Gasteiger partial charge in [0.2, 0.25) is 0 Å². The number of rotatable bonds is 1. The molecule has 0 unspecified atom stereocenters. The van der Waals surface area contributed by atoms with Crippen LogP contribution in [-0.2, 0) is 4.79 Å². The number of hydrogen-bond donors (Lipinski definition) is 0. The molecule has 0 atom stereocenters. The molecule has 0 aliphatic carbocycles. The van der Waals surface area contributed by atoms with E-state index in [9.17, 15) is 4.79 Å². The first-order valence-electron chi connectivity index (χ1n) is 5.45. The van der Waals surface area contributed by atoms with E-state index in [2.05, 4.69) is 15.3 Å². The SMILES string of the molecule is O=C1CCN(c2snc3ccccc23)CC1. The molecule has 2 aromatic rings. The number of Topliss-reactive ketones (excluding diaryl/α,β-unsaturated/α-hetero) is 1. The lowest BCUT2D eigenvalue weighted by molar-refractivity contribution is -0.119. The van der Waals surface area contributed by atoms with E-state index in [1.807, 2.05) is 18.2 Å². The van der Waals surface area contributed by atoms with E-state index in [1.165, 1.54) is 21.9 Å². The van der Waals surface area contributed by atoms with E-state index in [0.717, 1.165) is 18.6 Å². The van der Waals surface area contributed by atoms with Gasteiger partial charge in [-0.05, 0) is 23.7 Å². The van der Waals surface area contributed by atoms with Crippen LogP contribution in [0.15, 0.2) is 24.3 Å². The van der Waals surface area contributed by atoms with Crippen molar-refractivity contribution >= 4 is 33.2 Å². The average Bonchev–Trinajstić information content (AvgIpc) is 2.74. The van der Waals surface area contributed by atoms with Crippen LogP contribution in [0.2, 0.25) is 0 Å². The molecule has 2 heterocycles. The van der Waals surface area contributed by atoms with Crippen LogP contribution in [0.25, 0.3) is 10.9 Å². The molecule has 1 aromatic carbocycles. The fourth-order valence-corrected chi connectivity index (χ4v) is 2.98. The fourth-order valence-electron chi connectivity index (χ4n) is 2.06. The van der Waals surface area contributed by atoms with E-state index in [4.69, 9.17) is 0 Å². The summed E-state index contributed by atoms with van der Waals surface area (Å²) in [6, 6.07) is 8.18. The number of hydrogen-bond acceptors (Lipinski definition) is 4. The Kier molecular flexibility index (Phi) is 2.36. The molecule has 1 aliphatic rings. The Bertz CT molecular complexity index is 525. The molecule has 0 radical (unpaired) electrons. The molecular weight excluding hydrogens is 220 g/mol. The van der Waals surface area contributed by atoms with Gasteiger partial charge in [-0.3, -0.25) is 4.79 Å². The van der Waals surface area contributed by atoms with Crippen LogP contribution in [0.1, 0.15) is 12.8 Å². The Morgan fingerprint density at radius 2 is 1.94 bits per heavy atom. The van der Waals surface area contributed by atoms with Crippen molar-refractivity contribution in [2.75, 3.05) is 18.0 Å². The number of piperidine rings is 1. The lowest BCUT2D eigenvalue weighted by atomic mass is 10.1. The molecule has 1 aromatic heterocycles. The van der Waals surface area contributed by atoms with Gasteiger partial charge >= 0.3 is 0 Å². The summed E-state index contributed by atoms with van der Waals surface area (Å²) in [4.78, 5) is 13.5. The predicted molar refractivity (Wildman–Crippen MR) is 66.1 cm³/mol. The van der Waals surface area contributed by atoms with Crippen LogP contribution in [0.5, 0.6) is 0 Å². The lowest BCUT2D eigenvalue weighted by Crippen LogP contribution is -2.33. The van der Waals surface area contributed by atoms with Gasteiger partial charge in [-0.15, -0.1) is 0 Å². The Morgan fingerprint density at radius 1 is 1.19 bits per heavy atom. The van der Waals surface area contributed by atoms with Crippen molar-refractivity contribution in [1.82, 2.24) is 4.37 Å². The monoisotopic (exact) mass is 232 g/mol. The van der Waals surface area contributed by atoms with Crippen molar-refractivity contribution in [1.29, 1.82) is 0 Å². The molecule has 0 bridgehead atoms. The van der Waals surface area contributed by atoms with Crippen molar-refractivity contribution in [3.8, 4) is 0 Å². The highest BCUT2D eigenvalue weighted by atomic mass is 32.1. The molecule has 4 heteroatoms. The van der Waals surface area contributed by atoms with Crippen LogP contribution in [0, 0.1) is 0 Å². The Hall–Kier alpha value is -1.42. The van der Waals surface area contributed by atoms with Crippen LogP contribution in [0.3, 0.4) is 0 Å². The molecule has 0 saturated carbocycles. The summed E-state index contributed by atoms with van der Waals surface area (Å²) in [5.74, 6) is 0.380. The van der Waals surface area contributed by atoms with E-state index in [-0.39, 0.29) is 0 Å². The average molecular weight is 232 g/mol. The first-order valence-corrected chi connectivity index (χ1v) is 6.23. The number of ketones is 1. The molecule has 82 valence electrons. The second-order valence-corrected chi connectivity index (χ2v) is 4.78. The predicted octanol–water partition coefficient (Wildman–Crippen LogP) is 2.47. The largest absolute Gasteiger partial charge is 0.361 e. The molecular formula is C12H12N2OS. The first-order chi connectivity index (χ1) is 7.84. The summed E-state index contributed by atoms with van der Waals surface area (Å²) < 4.78 is 4.43. The maximum absolute atomic E-state index is 11.2. The lowest BCUT2D eigenvalue weighted by Gasteiger charge is -2.26. The minimum atomic E-state index is 0.380. The Balaban J connectivity index is 1.97. The Morgan fingerprint density at radius 3 is 2.75 bits per heavy atom. The normalized spacial score (nSPS) is 17.0. The van der Waals surface area contributed by atoms with Crippen molar-refractivity contribution < 1.29 is 4.79 Å². The summed E-state index contributed by atoms with van der Waals surface area (Å²) in [6.07, 6.45) is 1.35. The minimum absolute atomic E-state index is 0.380. The van der Waals surface area contributed by atoms with Gasteiger partial charge in [-0.2, -0.15) is 4.37 Å². The van der Waals surface area contributed by atoms with Crippen LogP contribution < -0.4 is 4.90 Å². The molecule has 16 heavy (non-hydrogen) atoms. The summed E-state index contributed by atoms with van der Waals surface area (Å²) in [6.45, 7) is 1.68. The number of carbonyl (C=O) groups excluding carboxylic acids is 1. The Labute approximate surface area is 97.9 Å². The van der Waals surface area contributed by atoms with Crippen molar-refractivity contribution in [3.05, 3.63) is 24.3 Å². The summed E-state index contributed by atoms with van der Waals surface area (Å²) in [7, 11) is 0. The molecule has 0 spiro atoms. The highest BCUT2D eigenvalue weighted by Crippen LogP contribution is 2.32. The third-order valence-corrected chi connectivity index (χ3v) is 3.91. The molecule has 0 N–H and O–H groups in total. The van der Waals surface area contributed by atoms with Gasteiger partial charge in [0.15, 0.2) is 0 Å². The number of benzene rings is 1. The zero-order chi connectivity index (χ0) is 11.0. The first kappa shape index (κ1) is 9.78. The van der Waals surface area contributed by atoms with Gasteiger partial charge in [-0.25, -0.2) is 0 Å². The van der Waals surface area contributed by atoms with Gasteiger partial charge in [-0.1, -0.05) is 12.1 Å². The van der Waals surface area contributed by atoms with Crippen molar-refractivity contribution in [3.63, 3.8) is 0 Å². The van der Waals surface area contributed by atoms with Crippen LogP contribution in [-0.4, -0.2) is 23.2 Å². The van der Waals surface area contributed by atoms with Crippen LogP contribution >= 0.6 is 11.5 Å². The van der Waals surface area contributed by atoms with E-state index < -0.39 is 0 Å². The van der Waals surface area contributed by atoms with E-state index in [1.54, 1.807) is 0 Å². The molecule has 1 aliphatic heterocycles.